The van der Waals surface area contributed by atoms with Crippen LogP contribution in [0.1, 0.15) is 5.82 Å². The van der Waals surface area contributed by atoms with Crippen molar-refractivity contribution in [1.82, 2.24) is 15.1 Å². The van der Waals surface area contributed by atoms with Gasteiger partial charge in [-0.1, -0.05) is 23.0 Å². The SMILES string of the molecule is Brc1cccnc1SCc1noc(-c2cccs2)n1. The van der Waals surface area contributed by atoms with Gasteiger partial charge in [0.05, 0.1) is 10.6 Å². The fourth-order valence-electron chi connectivity index (χ4n) is 1.42. The van der Waals surface area contributed by atoms with Crippen molar-refractivity contribution in [3.8, 4) is 10.8 Å². The fraction of sp³-hybridized carbons (Fsp3) is 0.0833. The van der Waals surface area contributed by atoms with Gasteiger partial charge >= 0.3 is 0 Å². The average molecular weight is 354 g/mol. The highest BCUT2D eigenvalue weighted by Gasteiger charge is 2.10. The fourth-order valence-corrected chi connectivity index (χ4v) is 3.39. The quantitative estimate of drug-likeness (QED) is 0.656. The van der Waals surface area contributed by atoms with Crippen LogP contribution in [0.3, 0.4) is 0 Å². The summed E-state index contributed by atoms with van der Waals surface area (Å²) in [5.74, 6) is 1.88. The summed E-state index contributed by atoms with van der Waals surface area (Å²) in [4.78, 5) is 9.64. The van der Waals surface area contributed by atoms with Crippen LogP contribution in [0.4, 0.5) is 0 Å². The number of halogens is 1. The molecule has 0 radical (unpaired) electrons. The zero-order valence-corrected chi connectivity index (χ0v) is 12.8. The normalized spacial score (nSPS) is 10.8. The predicted octanol–water partition coefficient (Wildman–Crippen LogP) is 4.25. The first-order valence-electron chi connectivity index (χ1n) is 5.43. The van der Waals surface area contributed by atoms with Crippen LogP contribution in [0.5, 0.6) is 0 Å². The monoisotopic (exact) mass is 353 g/mol. The van der Waals surface area contributed by atoms with Crippen molar-refractivity contribution in [3.63, 3.8) is 0 Å². The van der Waals surface area contributed by atoms with E-state index in [1.54, 1.807) is 29.3 Å². The molecule has 0 aliphatic heterocycles. The van der Waals surface area contributed by atoms with E-state index in [4.69, 9.17) is 4.52 Å². The number of hydrogen-bond acceptors (Lipinski definition) is 6. The second-order valence-corrected chi connectivity index (χ2v) is 6.34. The van der Waals surface area contributed by atoms with E-state index in [2.05, 4.69) is 31.1 Å². The van der Waals surface area contributed by atoms with E-state index in [9.17, 15) is 0 Å². The molecule has 0 N–H and O–H groups in total. The summed E-state index contributed by atoms with van der Waals surface area (Å²) in [7, 11) is 0. The molecule has 0 atom stereocenters. The zero-order chi connectivity index (χ0) is 13.1. The highest BCUT2D eigenvalue weighted by Crippen LogP contribution is 2.28. The number of thiophene rings is 1. The molecule has 0 aliphatic carbocycles. The maximum absolute atomic E-state index is 5.23. The highest BCUT2D eigenvalue weighted by atomic mass is 79.9. The lowest BCUT2D eigenvalue weighted by Crippen LogP contribution is -1.86. The van der Waals surface area contributed by atoms with Gasteiger partial charge in [0.25, 0.3) is 5.89 Å². The number of aromatic nitrogens is 3. The summed E-state index contributed by atoms with van der Waals surface area (Å²) in [5.41, 5.74) is 0. The molecule has 0 aromatic carbocycles. The zero-order valence-electron chi connectivity index (χ0n) is 9.62. The molecule has 0 aliphatic rings. The van der Waals surface area contributed by atoms with Crippen LogP contribution in [-0.2, 0) is 5.75 Å². The second-order valence-electron chi connectivity index (χ2n) is 3.57. The molecule has 3 rings (SSSR count). The van der Waals surface area contributed by atoms with Gasteiger partial charge in [0.2, 0.25) is 0 Å². The van der Waals surface area contributed by atoms with E-state index in [0.29, 0.717) is 17.5 Å². The van der Waals surface area contributed by atoms with Crippen molar-refractivity contribution < 1.29 is 4.52 Å². The molecule has 19 heavy (non-hydrogen) atoms. The van der Waals surface area contributed by atoms with E-state index in [1.165, 1.54) is 0 Å². The van der Waals surface area contributed by atoms with E-state index in [1.807, 2.05) is 29.6 Å². The minimum Gasteiger partial charge on any atom is -0.333 e. The van der Waals surface area contributed by atoms with Crippen LogP contribution >= 0.6 is 39.0 Å². The van der Waals surface area contributed by atoms with Crippen LogP contribution in [-0.4, -0.2) is 15.1 Å². The van der Waals surface area contributed by atoms with E-state index in [0.717, 1.165) is 14.4 Å². The van der Waals surface area contributed by atoms with Gasteiger partial charge in [-0.25, -0.2) is 4.98 Å². The van der Waals surface area contributed by atoms with E-state index < -0.39 is 0 Å². The first-order valence-corrected chi connectivity index (χ1v) is 8.08. The molecule has 0 saturated carbocycles. The average Bonchev–Trinajstić information content (AvgIpc) is 3.09. The molecule has 7 heteroatoms. The predicted molar refractivity (Wildman–Crippen MR) is 79.1 cm³/mol. The molecule has 0 unspecified atom stereocenters. The summed E-state index contributed by atoms with van der Waals surface area (Å²) in [6.45, 7) is 0. The lowest BCUT2D eigenvalue weighted by atomic mass is 10.5. The first-order chi connectivity index (χ1) is 9.33. The minimum absolute atomic E-state index is 0.575. The molecule has 96 valence electrons. The summed E-state index contributed by atoms with van der Waals surface area (Å²) in [6, 6.07) is 7.77. The van der Waals surface area contributed by atoms with Crippen molar-refractivity contribution in [2.75, 3.05) is 0 Å². The molecular weight excluding hydrogens is 346 g/mol. The van der Waals surface area contributed by atoms with Gasteiger partial charge in [-0.3, -0.25) is 0 Å². The molecule has 0 fully saturated rings. The highest BCUT2D eigenvalue weighted by molar-refractivity contribution is 9.10. The van der Waals surface area contributed by atoms with Gasteiger partial charge in [0.1, 0.15) is 5.03 Å². The van der Waals surface area contributed by atoms with Gasteiger partial charge in [-0.05, 0) is 39.5 Å². The third kappa shape index (κ3) is 3.05. The molecule has 0 spiro atoms. The molecule has 3 heterocycles. The summed E-state index contributed by atoms with van der Waals surface area (Å²) >= 11 is 6.62. The molecule has 0 bridgehead atoms. The van der Waals surface area contributed by atoms with Gasteiger partial charge in [-0.15, -0.1) is 11.3 Å². The number of thioether (sulfide) groups is 1. The lowest BCUT2D eigenvalue weighted by Gasteiger charge is -1.99. The standard InChI is InChI=1S/C12H8BrN3OS2/c13-8-3-1-5-14-12(8)19-7-10-15-11(17-16-10)9-4-2-6-18-9/h1-6H,7H2. The Hall–Kier alpha value is -1.18. The van der Waals surface area contributed by atoms with Crippen molar-refractivity contribution in [3.05, 3.63) is 46.1 Å². The first kappa shape index (κ1) is 12.8. The van der Waals surface area contributed by atoms with Crippen molar-refractivity contribution >= 4 is 39.0 Å². The van der Waals surface area contributed by atoms with Gasteiger partial charge < -0.3 is 4.52 Å². The Morgan fingerprint density at radius 3 is 3.05 bits per heavy atom. The Bertz CT molecular complexity index is 669. The van der Waals surface area contributed by atoms with Gasteiger partial charge in [0, 0.05) is 10.7 Å². The number of rotatable bonds is 4. The largest absolute Gasteiger partial charge is 0.333 e. The summed E-state index contributed by atoms with van der Waals surface area (Å²) in [5, 5.41) is 6.88. The third-order valence-corrected chi connectivity index (χ3v) is 5.02. The lowest BCUT2D eigenvalue weighted by molar-refractivity contribution is 0.426. The van der Waals surface area contributed by atoms with Gasteiger partial charge in [-0.2, -0.15) is 4.98 Å². The molecule has 3 aromatic heterocycles. The van der Waals surface area contributed by atoms with Gasteiger partial charge in [0.15, 0.2) is 5.82 Å². The molecule has 4 nitrogen and oxygen atoms in total. The van der Waals surface area contributed by atoms with Crippen LogP contribution < -0.4 is 0 Å². The third-order valence-electron chi connectivity index (χ3n) is 2.26. The second kappa shape index (κ2) is 5.85. The minimum atomic E-state index is 0.575. The number of pyridine rings is 1. The molecular formula is C12H8BrN3OS2. The van der Waals surface area contributed by atoms with Crippen LogP contribution in [0.25, 0.3) is 10.8 Å². The number of hydrogen-bond donors (Lipinski definition) is 0. The summed E-state index contributed by atoms with van der Waals surface area (Å²) in [6.07, 6.45) is 1.76. The van der Waals surface area contributed by atoms with Crippen LogP contribution in [0, 0.1) is 0 Å². The van der Waals surface area contributed by atoms with E-state index >= 15 is 0 Å². The Balaban J connectivity index is 1.70. The Morgan fingerprint density at radius 1 is 1.32 bits per heavy atom. The Labute approximate surface area is 126 Å². The molecule has 3 aromatic rings. The van der Waals surface area contributed by atoms with Crippen LogP contribution in [0.2, 0.25) is 0 Å². The van der Waals surface area contributed by atoms with Crippen molar-refractivity contribution in [2.45, 2.75) is 10.8 Å². The molecule has 0 amide bonds. The molecule has 0 saturated heterocycles. The Kier molecular flexibility index (Phi) is 3.95. The maximum Gasteiger partial charge on any atom is 0.268 e. The van der Waals surface area contributed by atoms with E-state index in [-0.39, 0.29) is 0 Å². The number of nitrogens with zero attached hydrogens (tertiary/aromatic N) is 3. The van der Waals surface area contributed by atoms with Crippen molar-refractivity contribution in [2.24, 2.45) is 0 Å². The van der Waals surface area contributed by atoms with Crippen molar-refractivity contribution in [1.29, 1.82) is 0 Å². The topological polar surface area (TPSA) is 51.8 Å². The smallest absolute Gasteiger partial charge is 0.268 e. The summed E-state index contributed by atoms with van der Waals surface area (Å²) < 4.78 is 6.21. The van der Waals surface area contributed by atoms with Crippen LogP contribution in [0.15, 0.2) is 49.9 Å². The Morgan fingerprint density at radius 2 is 2.26 bits per heavy atom. The maximum atomic E-state index is 5.23.